The lowest BCUT2D eigenvalue weighted by Gasteiger charge is -2.22. The molecule has 0 atom stereocenters. The zero-order valence-electron chi connectivity index (χ0n) is 12.7. The van der Waals surface area contributed by atoms with Crippen LogP contribution in [0.15, 0.2) is 48.5 Å². The van der Waals surface area contributed by atoms with Crippen LogP contribution in [0.2, 0.25) is 0 Å². The molecule has 1 radical (unpaired) electrons. The minimum Gasteiger partial charge on any atom is -0.485 e. The number of benzene rings is 2. The standard InChI is InChI=1S/C17H17N2O4/c1-13-4-2-3-5-16(13)19(17(18)21)12-23-15-8-6-14(7-9-15)22-11-10-20/h2-9H,11-12H2,1H3,(H2,18,21). The van der Waals surface area contributed by atoms with Crippen molar-refractivity contribution in [3.63, 3.8) is 0 Å². The molecule has 2 rings (SSSR count). The van der Waals surface area contributed by atoms with Gasteiger partial charge in [-0.2, -0.15) is 0 Å². The SMILES string of the molecule is Cc1ccccc1N(COc1ccc(OC[C]=O)cc1)C(N)=O. The molecule has 0 aromatic heterocycles. The number of aryl methyl sites for hydroxylation is 1. The smallest absolute Gasteiger partial charge is 0.322 e. The van der Waals surface area contributed by atoms with E-state index in [1.54, 1.807) is 36.6 Å². The second-order valence-corrected chi connectivity index (χ2v) is 4.73. The molecule has 0 heterocycles. The van der Waals surface area contributed by atoms with Gasteiger partial charge in [-0.3, -0.25) is 9.69 Å². The highest BCUT2D eigenvalue weighted by atomic mass is 16.5. The van der Waals surface area contributed by atoms with Crippen LogP contribution < -0.4 is 20.1 Å². The first kappa shape index (κ1) is 16.4. The molecule has 0 aliphatic carbocycles. The zero-order valence-corrected chi connectivity index (χ0v) is 12.7. The number of urea groups is 1. The minimum atomic E-state index is -0.597. The average molecular weight is 313 g/mol. The highest BCUT2D eigenvalue weighted by Gasteiger charge is 2.14. The molecule has 0 unspecified atom stereocenters. The normalized spacial score (nSPS) is 9.96. The Morgan fingerprint density at radius 2 is 1.70 bits per heavy atom. The van der Waals surface area contributed by atoms with E-state index in [1.807, 2.05) is 25.1 Å². The fourth-order valence-electron chi connectivity index (χ4n) is 2.00. The van der Waals surface area contributed by atoms with E-state index in [2.05, 4.69) is 0 Å². The number of para-hydroxylation sites is 1. The van der Waals surface area contributed by atoms with E-state index in [4.69, 9.17) is 15.2 Å². The van der Waals surface area contributed by atoms with Crippen molar-refractivity contribution in [3.8, 4) is 11.5 Å². The van der Waals surface area contributed by atoms with Crippen molar-refractivity contribution in [2.75, 3.05) is 18.2 Å². The third kappa shape index (κ3) is 4.47. The second kappa shape index (κ2) is 7.84. The van der Waals surface area contributed by atoms with Gasteiger partial charge in [-0.15, -0.1) is 0 Å². The molecule has 6 heteroatoms. The Hall–Kier alpha value is -3.02. The van der Waals surface area contributed by atoms with Gasteiger partial charge in [-0.25, -0.2) is 4.79 Å². The Bertz CT molecular complexity index is 671. The molecule has 0 saturated heterocycles. The molecule has 2 amide bonds. The summed E-state index contributed by atoms with van der Waals surface area (Å²) in [7, 11) is 0. The summed E-state index contributed by atoms with van der Waals surface area (Å²) in [5, 5.41) is 0. The van der Waals surface area contributed by atoms with E-state index in [1.165, 1.54) is 4.90 Å². The molecular formula is C17H17N2O4. The van der Waals surface area contributed by atoms with Gasteiger partial charge in [0, 0.05) is 0 Å². The average Bonchev–Trinajstić information content (AvgIpc) is 2.55. The lowest BCUT2D eigenvalue weighted by Crippen LogP contribution is -2.39. The van der Waals surface area contributed by atoms with Crippen molar-refractivity contribution in [1.29, 1.82) is 0 Å². The number of carbonyl (C=O) groups is 1. The number of hydrogen-bond donors (Lipinski definition) is 1. The van der Waals surface area contributed by atoms with Gasteiger partial charge >= 0.3 is 6.03 Å². The van der Waals surface area contributed by atoms with Crippen molar-refractivity contribution in [1.82, 2.24) is 0 Å². The maximum Gasteiger partial charge on any atom is 0.322 e. The van der Waals surface area contributed by atoms with Crippen LogP contribution in [-0.4, -0.2) is 25.7 Å². The Kier molecular flexibility index (Phi) is 5.57. The number of hydrogen-bond acceptors (Lipinski definition) is 4. The molecule has 2 aromatic rings. The second-order valence-electron chi connectivity index (χ2n) is 4.73. The van der Waals surface area contributed by atoms with E-state index in [9.17, 15) is 9.59 Å². The zero-order chi connectivity index (χ0) is 16.7. The Labute approximate surface area is 134 Å². The highest BCUT2D eigenvalue weighted by Crippen LogP contribution is 2.21. The summed E-state index contributed by atoms with van der Waals surface area (Å²) in [5.74, 6) is 1.08. The van der Waals surface area contributed by atoms with Gasteiger partial charge < -0.3 is 15.2 Å². The number of primary amides is 1. The van der Waals surface area contributed by atoms with Crippen molar-refractivity contribution in [2.45, 2.75) is 6.92 Å². The van der Waals surface area contributed by atoms with Gasteiger partial charge in [0.2, 0.25) is 6.29 Å². The topological polar surface area (TPSA) is 81.9 Å². The minimum absolute atomic E-state index is 0.0114. The van der Waals surface area contributed by atoms with Crippen molar-refractivity contribution in [3.05, 3.63) is 54.1 Å². The number of ether oxygens (including phenoxy) is 2. The van der Waals surface area contributed by atoms with Crippen LogP contribution in [0.25, 0.3) is 0 Å². The van der Waals surface area contributed by atoms with Gasteiger partial charge in [-0.1, -0.05) is 18.2 Å². The van der Waals surface area contributed by atoms with Crippen LogP contribution in [-0.2, 0) is 4.79 Å². The predicted molar refractivity (Wildman–Crippen MR) is 86.4 cm³/mol. The summed E-state index contributed by atoms with van der Waals surface area (Å²) in [6.45, 7) is 1.76. The van der Waals surface area contributed by atoms with E-state index in [0.29, 0.717) is 17.2 Å². The first-order valence-electron chi connectivity index (χ1n) is 6.95. The molecule has 0 aliphatic heterocycles. The van der Waals surface area contributed by atoms with E-state index in [-0.39, 0.29) is 13.3 Å². The molecule has 2 N–H and O–H groups in total. The van der Waals surface area contributed by atoms with Gasteiger partial charge in [-0.05, 0) is 42.8 Å². The molecule has 23 heavy (non-hydrogen) atoms. The quantitative estimate of drug-likeness (QED) is 0.796. The molecule has 0 bridgehead atoms. The number of nitrogens with zero attached hydrogens (tertiary/aromatic N) is 1. The largest absolute Gasteiger partial charge is 0.485 e. The number of rotatable bonds is 7. The summed E-state index contributed by atoms with van der Waals surface area (Å²) in [6, 6.07) is 13.5. The third-order valence-corrected chi connectivity index (χ3v) is 3.15. The summed E-state index contributed by atoms with van der Waals surface area (Å²) < 4.78 is 10.7. The lowest BCUT2D eigenvalue weighted by molar-refractivity contribution is 0.243. The first-order chi connectivity index (χ1) is 11.1. The Morgan fingerprint density at radius 1 is 1.09 bits per heavy atom. The van der Waals surface area contributed by atoms with Crippen molar-refractivity contribution in [2.24, 2.45) is 5.73 Å². The number of anilines is 1. The lowest BCUT2D eigenvalue weighted by atomic mass is 10.2. The monoisotopic (exact) mass is 313 g/mol. The maximum absolute atomic E-state index is 11.7. The molecule has 0 aliphatic rings. The molecule has 6 nitrogen and oxygen atoms in total. The molecular weight excluding hydrogens is 296 g/mol. The van der Waals surface area contributed by atoms with Gasteiger partial charge in [0.15, 0.2) is 13.3 Å². The van der Waals surface area contributed by atoms with Crippen molar-refractivity contribution >= 4 is 18.0 Å². The van der Waals surface area contributed by atoms with Gasteiger partial charge in [0.25, 0.3) is 0 Å². The molecule has 119 valence electrons. The predicted octanol–water partition coefficient (Wildman–Crippen LogP) is 2.41. The fraction of sp³-hybridized carbons (Fsp3) is 0.176. The number of amides is 2. The number of nitrogens with two attached hydrogens (primary N) is 1. The summed E-state index contributed by atoms with van der Waals surface area (Å²) in [5.41, 5.74) is 7.05. The van der Waals surface area contributed by atoms with Crippen LogP contribution >= 0.6 is 0 Å². The summed E-state index contributed by atoms with van der Waals surface area (Å²) in [6.07, 6.45) is 1.65. The summed E-state index contributed by atoms with van der Waals surface area (Å²) in [4.78, 5) is 23.1. The van der Waals surface area contributed by atoms with Crippen LogP contribution in [0.5, 0.6) is 11.5 Å². The molecule has 0 saturated carbocycles. The van der Waals surface area contributed by atoms with Crippen LogP contribution in [0.4, 0.5) is 10.5 Å². The van der Waals surface area contributed by atoms with Crippen LogP contribution in [0.3, 0.4) is 0 Å². The molecule has 0 spiro atoms. The molecule has 0 fully saturated rings. The third-order valence-electron chi connectivity index (χ3n) is 3.15. The Balaban J connectivity index is 2.03. The first-order valence-corrected chi connectivity index (χ1v) is 6.95. The van der Waals surface area contributed by atoms with E-state index < -0.39 is 6.03 Å². The molecule has 2 aromatic carbocycles. The van der Waals surface area contributed by atoms with E-state index in [0.717, 1.165) is 5.56 Å². The summed E-state index contributed by atoms with van der Waals surface area (Å²) >= 11 is 0. The van der Waals surface area contributed by atoms with Crippen molar-refractivity contribution < 1.29 is 19.1 Å². The van der Waals surface area contributed by atoms with Crippen LogP contribution in [0, 0.1) is 6.92 Å². The maximum atomic E-state index is 11.7. The van der Waals surface area contributed by atoms with Gasteiger partial charge in [0.1, 0.15) is 11.5 Å². The fourth-order valence-corrected chi connectivity index (χ4v) is 2.00. The van der Waals surface area contributed by atoms with Gasteiger partial charge in [0.05, 0.1) is 5.69 Å². The highest BCUT2D eigenvalue weighted by molar-refractivity contribution is 5.91. The van der Waals surface area contributed by atoms with Crippen LogP contribution in [0.1, 0.15) is 5.56 Å². The number of carbonyl (C=O) groups excluding carboxylic acids is 2. The van der Waals surface area contributed by atoms with E-state index >= 15 is 0 Å². The Morgan fingerprint density at radius 3 is 2.26 bits per heavy atom.